The Morgan fingerprint density at radius 2 is 1.53 bits per heavy atom. The predicted octanol–water partition coefficient (Wildman–Crippen LogP) is 6.83. The first-order valence-electron chi connectivity index (χ1n) is 11.5. The fourth-order valence-electron chi connectivity index (χ4n) is 4.12. The second kappa shape index (κ2) is 8.67. The molecule has 0 bridgehead atoms. The largest absolute Gasteiger partial charge is 0.436 e. The zero-order valence-electron chi connectivity index (χ0n) is 19.3. The number of fused-ring (bicyclic) bond motifs is 2. The number of hydrogen-bond donors (Lipinski definition) is 1. The monoisotopic (exact) mass is 472 g/mol. The van der Waals surface area contributed by atoms with Crippen LogP contribution in [-0.4, -0.2) is 10.9 Å². The molecular formula is C30H20N2O4. The fraction of sp³-hybridized carbons (Fsp3) is 0.0333. The first kappa shape index (κ1) is 21.6. The highest BCUT2D eigenvalue weighted by molar-refractivity contribution is 6.04. The number of amides is 1. The molecule has 174 valence electrons. The number of para-hydroxylation sites is 1. The quantitative estimate of drug-likeness (QED) is 0.284. The minimum absolute atomic E-state index is 0.253. The van der Waals surface area contributed by atoms with E-state index in [9.17, 15) is 9.59 Å². The van der Waals surface area contributed by atoms with E-state index < -0.39 is 5.63 Å². The molecule has 1 N–H and O–H groups in total. The SMILES string of the molecule is Cc1ccc2oc(-c3ccc(NC(=O)c4ccc(-c5cc6ccccc6oc5=O)cc4)cc3)nc2c1. The number of rotatable bonds is 4. The number of carbonyl (C=O) groups is 1. The smallest absolute Gasteiger partial charge is 0.344 e. The number of aryl methyl sites for hydroxylation is 1. The second-order valence-electron chi connectivity index (χ2n) is 8.58. The highest BCUT2D eigenvalue weighted by atomic mass is 16.4. The van der Waals surface area contributed by atoms with Crippen LogP contribution in [0.5, 0.6) is 0 Å². The maximum Gasteiger partial charge on any atom is 0.344 e. The number of nitrogens with one attached hydrogen (secondary N) is 1. The lowest BCUT2D eigenvalue weighted by atomic mass is 10.0. The molecular weight excluding hydrogens is 452 g/mol. The van der Waals surface area contributed by atoms with Gasteiger partial charge >= 0.3 is 5.63 Å². The number of anilines is 1. The topological polar surface area (TPSA) is 85.3 Å². The third-order valence-electron chi connectivity index (χ3n) is 6.03. The molecule has 0 saturated heterocycles. The van der Waals surface area contributed by atoms with Gasteiger partial charge in [0.05, 0.1) is 5.56 Å². The number of aromatic nitrogens is 1. The van der Waals surface area contributed by atoms with E-state index in [-0.39, 0.29) is 5.91 Å². The van der Waals surface area contributed by atoms with Crippen molar-refractivity contribution in [1.29, 1.82) is 0 Å². The summed E-state index contributed by atoms with van der Waals surface area (Å²) in [7, 11) is 0. The van der Waals surface area contributed by atoms with Gasteiger partial charge in [-0.15, -0.1) is 0 Å². The van der Waals surface area contributed by atoms with Crippen molar-refractivity contribution < 1.29 is 13.6 Å². The molecule has 36 heavy (non-hydrogen) atoms. The van der Waals surface area contributed by atoms with E-state index in [1.807, 2.05) is 67.6 Å². The van der Waals surface area contributed by atoms with Gasteiger partial charge in [0.15, 0.2) is 5.58 Å². The van der Waals surface area contributed by atoms with Gasteiger partial charge in [-0.25, -0.2) is 9.78 Å². The lowest BCUT2D eigenvalue weighted by Crippen LogP contribution is -2.11. The van der Waals surface area contributed by atoms with Crippen LogP contribution in [0.4, 0.5) is 5.69 Å². The average molecular weight is 473 g/mol. The van der Waals surface area contributed by atoms with Crippen molar-refractivity contribution >= 4 is 33.7 Å². The summed E-state index contributed by atoms with van der Waals surface area (Å²) in [5, 5.41) is 3.73. The Morgan fingerprint density at radius 3 is 2.33 bits per heavy atom. The number of hydrogen-bond acceptors (Lipinski definition) is 5. The molecule has 6 heteroatoms. The zero-order chi connectivity index (χ0) is 24.6. The zero-order valence-corrected chi connectivity index (χ0v) is 19.3. The molecule has 0 radical (unpaired) electrons. The molecule has 0 aliphatic heterocycles. The normalized spacial score (nSPS) is 11.1. The molecule has 0 aliphatic rings. The Hall–Kier alpha value is -4.97. The van der Waals surface area contributed by atoms with Crippen molar-refractivity contribution in [3.05, 3.63) is 119 Å². The number of nitrogens with zero attached hydrogens (tertiary/aromatic N) is 1. The lowest BCUT2D eigenvalue weighted by molar-refractivity contribution is 0.102. The van der Waals surface area contributed by atoms with Gasteiger partial charge in [0.1, 0.15) is 11.1 Å². The summed E-state index contributed by atoms with van der Waals surface area (Å²) in [4.78, 5) is 29.8. The average Bonchev–Trinajstić information content (AvgIpc) is 3.32. The van der Waals surface area contributed by atoms with Crippen LogP contribution >= 0.6 is 0 Å². The van der Waals surface area contributed by atoms with Gasteiger partial charge in [0.25, 0.3) is 5.91 Å². The van der Waals surface area contributed by atoms with Crippen molar-refractivity contribution in [2.24, 2.45) is 0 Å². The molecule has 6 aromatic rings. The Morgan fingerprint density at radius 1 is 0.778 bits per heavy atom. The maximum absolute atomic E-state index is 12.8. The number of oxazole rings is 1. The van der Waals surface area contributed by atoms with Crippen LogP contribution in [0.3, 0.4) is 0 Å². The van der Waals surface area contributed by atoms with Crippen LogP contribution in [0, 0.1) is 6.92 Å². The molecule has 2 aromatic heterocycles. The molecule has 6 rings (SSSR count). The summed E-state index contributed by atoms with van der Waals surface area (Å²) in [6.07, 6.45) is 0. The van der Waals surface area contributed by atoms with E-state index in [4.69, 9.17) is 8.83 Å². The molecule has 1 amide bonds. The Bertz CT molecular complexity index is 1800. The summed E-state index contributed by atoms with van der Waals surface area (Å²) >= 11 is 0. The number of carbonyl (C=O) groups excluding carboxylic acids is 1. The highest BCUT2D eigenvalue weighted by Gasteiger charge is 2.12. The van der Waals surface area contributed by atoms with Gasteiger partial charge in [-0.1, -0.05) is 36.4 Å². The van der Waals surface area contributed by atoms with Gasteiger partial charge in [0, 0.05) is 22.2 Å². The van der Waals surface area contributed by atoms with E-state index >= 15 is 0 Å². The van der Waals surface area contributed by atoms with Gasteiger partial charge in [-0.05, 0) is 78.7 Å². The van der Waals surface area contributed by atoms with Crippen LogP contribution in [0.25, 0.3) is 44.7 Å². The van der Waals surface area contributed by atoms with Crippen LogP contribution in [0.2, 0.25) is 0 Å². The summed E-state index contributed by atoms with van der Waals surface area (Å²) in [6, 6.07) is 29.2. The minimum Gasteiger partial charge on any atom is -0.436 e. The lowest BCUT2D eigenvalue weighted by Gasteiger charge is -2.07. The molecule has 0 unspecified atom stereocenters. The van der Waals surface area contributed by atoms with Crippen LogP contribution in [0.15, 0.2) is 111 Å². The molecule has 2 heterocycles. The maximum atomic E-state index is 12.8. The summed E-state index contributed by atoms with van der Waals surface area (Å²) in [5.41, 5.74) is 5.87. The van der Waals surface area contributed by atoms with Crippen molar-refractivity contribution in [2.75, 3.05) is 5.32 Å². The standard InChI is InChI=1S/C30H20N2O4/c1-18-6-15-27-25(16-18)32-29(35-27)21-11-13-23(14-12-21)31-28(33)20-9-7-19(8-10-20)24-17-22-4-2-3-5-26(22)36-30(24)34/h2-17H,1H3,(H,31,33). The fourth-order valence-corrected chi connectivity index (χ4v) is 4.12. The van der Waals surface area contributed by atoms with E-state index in [0.29, 0.717) is 33.9 Å². The Balaban J connectivity index is 1.19. The van der Waals surface area contributed by atoms with E-state index in [2.05, 4.69) is 10.3 Å². The van der Waals surface area contributed by atoms with Crippen LogP contribution in [0.1, 0.15) is 15.9 Å². The predicted molar refractivity (Wildman–Crippen MR) is 140 cm³/mol. The van der Waals surface area contributed by atoms with E-state index in [1.54, 1.807) is 36.4 Å². The second-order valence-corrected chi connectivity index (χ2v) is 8.58. The summed E-state index contributed by atoms with van der Waals surface area (Å²) < 4.78 is 11.3. The van der Waals surface area contributed by atoms with Crippen LogP contribution in [-0.2, 0) is 0 Å². The van der Waals surface area contributed by atoms with Crippen molar-refractivity contribution in [3.63, 3.8) is 0 Å². The summed E-state index contributed by atoms with van der Waals surface area (Å²) in [6.45, 7) is 2.01. The Labute approximate surface area is 205 Å². The van der Waals surface area contributed by atoms with Gasteiger partial charge in [-0.2, -0.15) is 0 Å². The first-order chi connectivity index (χ1) is 17.5. The molecule has 4 aromatic carbocycles. The summed E-state index contributed by atoms with van der Waals surface area (Å²) in [5.74, 6) is 0.277. The van der Waals surface area contributed by atoms with Gasteiger partial charge < -0.3 is 14.2 Å². The van der Waals surface area contributed by atoms with Gasteiger partial charge in [0.2, 0.25) is 5.89 Å². The molecule has 6 nitrogen and oxygen atoms in total. The molecule has 0 fully saturated rings. The molecule has 0 atom stereocenters. The van der Waals surface area contributed by atoms with E-state index in [0.717, 1.165) is 27.6 Å². The van der Waals surface area contributed by atoms with Crippen molar-refractivity contribution in [1.82, 2.24) is 4.98 Å². The third-order valence-corrected chi connectivity index (χ3v) is 6.03. The van der Waals surface area contributed by atoms with Crippen LogP contribution < -0.4 is 10.9 Å². The number of benzene rings is 4. The molecule has 0 spiro atoms. The first-order valence-corrected chi connectivity index (χ1v) is 11.5. The Kier molecular flexibility index (Phi) is 5.19. The van der Waals surface area contributed by atoms with Crippen molar-refractivity contribution in [2.45, 2.75) is 6.92 Å². The third kappa shape index (κ3) is 4.05. The van der Waals surface area contributed by atoms with Crippen molar-refractivity contribution in [3.8, 4) is 22.6 Å². The minimum atomic E-state index is -0.417. The highest BCUT2D eigenvalue weighted by Crippen LogP contribution is 2.26. The van der Waals surface area contributed by atoms with E-state index in [1.165, 1.54) is 0 Å². The molecule has 0 aliphatic carbocycles. The van der Waals surface area contributed by atoms with Gasteiger partial charge in [-0.3, -0.25) is 4.79 Å². The molecule has 0 saturated carbocycles.